The molecule has 10 heteroatoms. The lowest BCUT2D eigenvalue weighted by Crippen LogP contribution is -2.14. The fourth-order valence-electron chi connectivity index (χ4n) is 2.68. The fourth-order valence-corrected chi connectivity index (χ4v) is 3.58. The van der Waals surface area contributed by atoms with Crippen molar-refractivity contribution in [3.8, 4) is 0 Å². The summed E-state index contributed by atoms with van der Waals surface area (Å²) < 4.78 is 5.69. The highest BCUT2D eigenvalue weighted by Crippen LogP contribution is 2.30. The second kappa shape index (κ2) is 8.23. The maximum atomic E-state index is 12.6. The Hall–Kier alpha value is -3.53. The van der Waals surface area contributed by atoms with Crippen molar-refractivity contribution in [1.82, 2.24) is 4.98 Å². The Balaban J connectivity index is 1.85. The molecule has 3 rings (SSSR count). The highest BCUT2D eigenvalue weighted by molar-refractivity contribution is 7.22. The third-order valence-corrected chi connectivity index (χ3v) is 4.97. The van der Waals surface area contributed by atoms with Crippen LogP contribution in [-0.4, -0.2) is 42.5 Å². The molecular weight excluding hydrogens is 396 g/mol. The van der Waals surface area contributed by atoms with Crippen molar-refractivity contribution in [2.45, 2.75) is 6.92 Å². The number of rotatable bonds is 6. The Morgan fingerprint density at radius 3 is 2.59 bits per heavy atom. The van der Waals surface area contributed by atoms with Gasteiger partial charge in [-0.2, -0.15) is 0 Å². The lowest BCUT2D eigenvalue weighted by Gasteiger charge is -2.13. The largest absolute Gasteiger partial charge is 0.462 e. The molecule has 2 aromatic carbocycles. The highest BCUT2D eigenvalue weighted by atomic mass is 32.1. The standard InChI is InChI=1S/C19H18N4O5S/c1-4-28-18(25)12-5-7-13-16(10-12)29-19(20-13)21-17(24)11-6-8-14(22(2)3)15(9-11)23(26)27/h5-10H,4H2,1-3H3,(H,20,21,24). The number of nitro groups is 1. The van der Waals surface area contributed by atoms with Gasteiger partial charge in [0.25, 0.3) is 11.6 Å². The van der Waals surface area contributed by atoms with Crippen molar-refractivity contribution < 1.29 is 19.2 Å². The topological polar surface area (TPSA) is 115 Å². The van der Waals surface area contributed by atoms with Crippen LogP contribution in [0, 0.1) is 10.1 Å². The van der Waals surface area contributed by atoms with Gasteiger partial charge in [-0.3, -0.25) is 20.2 Å². The average molecular weight is 414 g/mol. The molecule has 0 aliphatic rings. The van der Waals surface area contributed by atoms with Gasteiger partial charge >= 0.3 is 5.97 Å². The number of nitro benzene ring substituents is 1. The molecule has 3 aromatic rings. The van der Waals surface area contributed by atoms with Gasteiger partial charge in [0.1, 0.15) is 5.69 Å². The Morgan fingerprint density at radius 2 is 1.93 bits per heavy atom. The van der Waals surface area contributed by atoms with E-state index in [-0.39, 0.29) is 17.9 Å². The van der Waals surface area contributed by atoms with E-state index in [0.29, 0.717) is 26.6 Å². The molecule has 9 nitrogen and oxygen atoms in total. The number of amides is 1. The minimum Gasteiger partial charge on any atom is -0.462 e. The molecule has 0 fully saturated rings. The summed E-state index contributed by atoms with van der Waals surface area (Å²) in [5, 5.41) is 14.3. The molecule has 0 radical (unpaired) electrons. The summed E-state index contributed by atoms with van der Waals surface area (Å²) in [5.41, 5.74) is 1.40. The van der Waals surface area contributed by atoms with E-state index in [1.807, 2.05) is 0 Å². The van der Waals surface area contributed by atoms with Crippen LogP contribution >= 0.6 is 11.3 Å². The lowest BCUT2D eigenvalue weighted by molar-refractivity contribution is -0.384. The van der Waals surface area contributed by atoms with E-state index in [0.717, 1.165) is 0 Å². The molecule has 1 amide bonds. The maximum Gasteiger partial charge on any atom is 0.338 e. The van der Waals surface area contributed by atoms with Gasteiger partial charge in [-0.15, -0.1) is 0 Å². The van der Waals surface area contributed by atoms with E-state index >= 15 is 0 Å². The number of aromatic nitrogens is 1. The summed E-state index contributed by atoms with van der Waals surface area (Å²) in [6, 6.07) is 9.20. The normalized spacial score (nSPS) is 10.6. The van der Waals surface area contributed by atoms with Gasteiger partial charge in [0, 0.05) is 25.7 Å². The molecule has 1 aromatic heterocycles. The molecule has 0 atom stereocenters. The number of ether oxygens (including phenoxy) is 1. The summed E-state index contributed by atoms with van der Waals surface area (Å²) in [7, 11) is 3.38. The van der Waals surface area contributed by atoms with Crippen LogP contribution in [0.1, 0.15) is 27.6 Å². The second-order valence-electron chi connectivity index (χ2n) is 6.23. The van der Waals surface area contributed by atoms with Crippen LogP contribution in [0.2, 0.25) is 0 Å². The van der Waals surface area contributed by atoms with Gasteiger partial charge in [0.15, 0.2) is 5.13 Å². The van der Waals surface area contributed by atoms with Gasteiger partial charge < -0.3 is 9.64 Å². The zero-order valence-electron chi connectivity index (χ0n) is 16.0. The van der Waals surface area contributed by atoms with Gasteiger partial charge in [-0.1, -0.05) is 11.3 Å². The number of nitrogens with one attached hydrogen (secondary N) is 1. The van der Waals surface area contributed by atoms with Crippen molar-refractivity contribution in [2.75, 3.05) is 30.9 Å². The molecule has 1 heterocycles. The van der Waals surface area contributed by atoms with Crippen LogP contribution in [0.15, 0.2) is 36.4 Å². The molecule has 29 heavy (non-hydrogen) atoms. The van der Waals surface area contributed by atoms with Crippen molar-refractivity contribution in [1.29, 1.82) is 0 Å². The zero-order valence-corrected chi connectivity index (χ0v) is 16.8. The van der Waals surface area contributed by atoms with Crippen molar-refractivity contribution in [2.24, 2.45) is 0 Å². The van der Waals surface area contributed by atoms with E-state index in [1.54, 1.807) is 44.1 Å². The number of hydrogen-bond donors (Lipinski definition) is 1. The smallest absolute Gasteiger partial charge is 0.338 e. The Kier molecular flexibility index (Phi) is 5.74. The van der Waals surface area contributed by atoms with Gasteiger partial charge in [0.05, 0.1) is 27.3 Å². The third-order valence-electron chi connectivity index (χ3n) is 4.04. The maximum absolute atomic E-state index is 12.6. The number of anilines is 2. The van der Waals surface area contributed by atoms with Crippen LogP contribution in [0.5, 0.6) is 0 Å². The highest BCUT2D eigenvalue weighted by Gasteiger charge is 2.20. The Morgan fingerprint density at radius 1 is 1.21 bits per heavy atom. The summed E-state index contributed by atoms with van der Waals surface area (Å²) in [6.45, 7) is 2.01. The Labute approximate surface area is 170 Å². The van der Waals surface area contributed by atoms with Crippen LogP contribution in [0.3, 0.4) is 0 Å². The fraction of sp³-hybridized carbons (Fsp3) is 0.211. The first-order valence-corrected chi connectivity index (χ1v) is 9.46. The monoisotopic (exact) mass is 414 g/mol. The summed E-state index contributed by atoms with van der Waals surface area (Å²) in [4.78, 5) is 41.1. The minimum absolute atomic E-state index is 0.147. The van der Waals surface area contributed by atoms with E-state index in [4.69, 9.17) is 4.74 Å². The number of thiazole rings is 1. The molecule has 0 aliphatic carbocycles. The number of carbonyl (C=O) groups excluding carboxylic acids is 2. The molecule has 0 spiro atoms. The molecule has 150 valence electrons. The van der Waals surface area contributed by atoms with Crippen molar-refractivity contribution in [3.05, 3.63) is 57.6 Å². The lowest BCUT2D eigenvalue weighted by atomic mass is 10.1. The van der Waals surface area contributed by atoms with Crippen molar-refractivity contribution in [3.63, 3.8) is 0 Å². The number of carbonyl (C=O) groups is 2. The SMILES string of the molecule is CCOC(=O)c1ccc2nc(NC(=O)c3ccc(N(C)C)c([N+](=O)[O-])c3)sc2c1. The van der Waals surface area contributed by atoms with Crippen LogP contribution in [-0.2, 0) is 4.74 Å². The number of fused-ring (bicyclic) bond motifs is 1. The second-order valence-corrected chi connectivity index (χ2v) is 7.26. The summed E-state index contributed by atoms with van der Waals surface area (Å²) in [5.74, 6) is -0.940. The first kappa shape index (κ1) is 20.2. The minimum atomic E-state index is -0.527. The predicted molar refractivity (Wildman–Crippen MR) is 111 cm³/mol. The molecule has 0 aliphatic heterocycles. The van der Waals surface area contributed by atoms with Crippen molar-refractivity contribution >= 4 is 49.9 Å². The van der Waals surface area contributed by atoms with E-state index < -0.39 is 16.8 Å². The zero-order chi connectivity index (χ0) is 21.1. The van der Waals surface area contributed by atoms with Gasteiger partial charge in [-0.25, -0.2) is 9.78 Å². The molecule has 0 saturated carbocycles. The van der Waals surface area contributed by atoms with E-state index in [1.165, 1.54) is 29.5 Å². The summed E-state index contributed by atoms with van der Waals surface area (Å²) >= 11 is 1.20. The Bertz CT molecular complexity index is 1110. The van der Waals surface area contributed by atoms with E-state index in [2.05, 4.69) is 10.3 Å². The molecular formula is C19H18N4O5S. The van der Waals surface area contributed by atoms with Crippen LogP contribution in [0.25, 0.3) is 10.2 Å². The van der Waals surface area contributed by atoms with Gasteiger partial charge in [0.2, 0.25) is 0 Å². The predicted octanol–water partition coefficient (Wildman–Crippen LogP) is 3.70. The first-order chi connectivity index (χ1) is 13.8. The molecule has 0 saturated heterocycles. The third kappa shape index (κ3) is 4.32. The van der Waals surface area contributed by atoms with Crippen LogP contribution in [0.4, 0.5) is 16.5 Å². The van der Waals surface area contributed by atoms with Gasteiger partial charge in [-0.05, 0) is 37.3 Å². The number of hydrogen-bond acceptors (Lipinski definition) is 8. The first-order valence-electron chi connectivity index (χ1n) is 8.65. The average Bonchev–Trinajstić information content (AvgIpc) is 3.08. The number of esters is 1. The van der Waals surface area contributed by atoms with E-state index in [9.17, 15) is 19.7 Å². The molecule has 0 unspecified atom stereocenters. The van der Waals surface area contributed by atoms with Crippen LogP contribution < -0.4 is 10.2 Å². The molecule has 0 bridgehead atoms. The molecule has 1 N–H and O–H groups in total. The quantitative estimate of drug-likeness (QED) is 0.371. The number of benzene rings is 2. The summed E-state index contributed by atoms with van der Waals surface area (Å²) in [6.07, 6.45) is 0. The number of nitrogens with zero attached hydrogens (tertiary/aromatic N) is 3.